The molecule has 154 valence electrons. The normalized spacial score (nSPS) is 12.0. The van der Waals surface area contributed by atoms with E-state index in [0.717, 1.165) is 5.56 Å². The quantitative estimate of drug-likeness (QED) is 0.322. The van der Waals surface area contributed by atoms with Crippen LogP contribution >= 0.6 is 24.0 Å². The van der Waals surface area contributed by atoms with Crippen LogP contribution in [-0.2, 0) is 11.2 Å². The molecule has 0 aliphatic carbocycles. The van der Waals surface area contributed by atoms with Crippen molar-refractivity contribution >= 4 is 36.0 Å². The second-order valence-electron chi connectivity index (χ2n) is 7.74. The van der Waals surface area contributed by atoms with E-state index in [4.69, 9.17) is 4.74 Å². The number of carbonyl (C=O) groups is 1. The molecule has 27 heavy (non-hydrogen) atoms. The number of nitrogens with one attached hydrogen (secondary N) is 3. The van der Waals surface area contributed by atoms with E-state index in [1.807, 2.05) is 40.7 Å². The van der Waals surface area contributed by atoms with Crippen molar-refractivity contribution < 1.29 is 13.9 Å². The Balaban J connectivity index is 0.00000676. The molecular weight excluding hydrogens is 462 g/mol. The molecule has 0 aliphatic rings. The van der Waals surface area contributed by atoms with Crippen molar-refractivity contribution in [3.05, 3.63) is 35.6 Å². The van der Waals surface area contributed by atoms with Crippen molar-refractivity contribution in [2.75, 3.05) is 20.1 Å². The van der Waals surface area contributed by atoms with Gasteiger partial charge in [-0.15, -0.1) is 24.0 Å². The number of benzene rings is 1. The molecule has 0 fully saturated rings. The minimum atomic E-state index is -0.540. The summed E-state index contributed by atoms with van der Waals surface area (Å²) in [7, 11) is 1.67. The summed E-state index contributed by atoms with van der Waals surface area (Å²) in [5.41, 5.74) is -0.148. The molecule has 0 saturated heterocycles. The second-order valence-corrected chi connectivity index (χ2v) is 7.74. The number of guanidine groups is 1. The topological polar surface area (TPSA) is 74.8 Å². The smallest absolute Gasteiger partial charge is 0.408 e. The molecule has 1 rings (SSSR count). The fraction of sp³-hybridized carbons (Fsp3) is 0.579. The van der Waals surface area contributed by atoms with Crippen molar-refractivity contribution in [3.8, 4) is 0 Å². The summed E-state index contributed by atoms with van der Waals surface area (Å²) < 4.78 is 18.5. The minimum Gasteiger partial charge on any atom is -0.444 e. The van der Waals surface area contributed by atoms with Crippen molar-refractivity contribution in [3.63, 3.8) is 0 Å². The van der Waals surface area contributed by atoms with Crippen molar-refractivity contribution in [1.82, 2.24) is 16.0 Å². The molecular formula is C19H32FIN4O2. The van der Waals surface area contributed by atoms with Crippen LogP contribution in [0.4, 0.5) is 9.18 Å². The summed E-state index contributed by atoms with van der Waals surface area (Å²) in [6.07, 6.45) is 0.219. The van der Waals surface area contributed by atoms with Crippen LogP contribution in [0.2, 0.25) is 0 Å². The predicted octanol–water partition coefficient (Wildman–Crippen LogP) is 3.45. The SMILES string of the molecule is CN=C(NCCc1cccc(F)c1)NCC(C)(C)NC(=O)OC(C)(C)C.I. The van der Waals surface area contributed by atoms with Gasteiger partial charge in [-0.25, -0.2) is 9.18 Å². The van der Waals surface area contributed by atoms with Gasteiger partial charge in [-0.1, -0.05) is 12.1 Å². The third kappa shape index (κ3) is 11.7. The summed E-state index contributed by atoms with van der Waals surface area (Å²) in [5.74, 6) is 0.375. The zero-order chi connectivity index (χ0) is 19.8. The largest absolute Gasteiger partial charge is 0.444 e. The van der Waals surface area contributed by atoms with Gasteiger partial charge >= 0.3 is 6.09 Å². The molecule has 0 spiro atoms. The molecule has 3 N–H and O–H groups in total. The van der Waals surface area contributed by atoms with Gasteiger partial charge in [-0.2, -0.15) is 0 Å². The number of amides is 1. The van der Waals surface area contributed by atoms with E-state index < -0.39 is 17.2 Å². The fourth-order valence-electron chi connectivity index (χ4n) is 2.17. The molecule has 1 amide bonds. The van der Waals surface area contributed by atoms with E-state index >= 15 is 0 Å². The Morgan fingerprint density at radius 1 is 1.19 bits per heavy atom. The van der Waals surface area contributed by atoms with Gasteiger partial charge in [-0.3, -0.25) is 4.99 Å². The maximum atomic E-state index is 13.2. The maximum absolute atomic E-state index is 13.2. The van der Waals surface area contributed by atoms with Gasteiger partial charge in [0.05, 0.1) is 5.54 Å². The molecule has 0 radical (unpaired) electrons. The fourth-order valence-corrected chi connectivity index (χ4v) is 2.17. The number of ether oxygens (including phenoxy) is 1. The summed E-state index contributed by atoms with van der Waals surface area (Å²) in [6, 6.07) is 6.53. The lowest BCUT2D eigenvalue weighted by Crippen LogP contribution is -2.54. The number of nitrogens with zero attached hydrogens (tertiary/aromatic N) is 1. The van der Waals surface area contributed by atoms with Gasteiger partial charge in [-0.05, 0) is 58.7 Å². The molecule has 0 unspecified atom stereocenters. The van der Waals surface area contributed by atoms with Crippen LogP contribution in [0.5, 0.6) is 0 Å². The van der Waals surface area contributed by atoms with E-state index in [1.165, 1.54) is 12.1 Å². The summed E-state index contributed by atoms with van der Waals surface area (Å²) in [6.45, 7) is 10.3. The summed E-state index contributed by atoms with van der Waals surface area (Å²) in [4.78, 5) is 16.1. The van der Waals surface area contributed by atoms with Gasteiger partial charge in [0.1, 0.15) is 11.4 Å². The van der Waals surface area contributed by atoms with E-state index in [0.29, 0.717) is 25.5 Å². The molecule has 1 aromatic rings. The molecule has 0 atom stereocenters. The minimum absolute atomic E-state index is 0. The Kier molecular flexibility index (Phi) is 10.6. The summed E-state index contributed by atoms with van der Waals surface area (Å²) in [5, 5.41) is 9.18. The Morgan fingerprint density at radius 3 is 2.41 bits per heavy atom. The average Bonchev–Trinajstić information content (AvgIpc) is 2.48. The van der Waals surface area contributed by atoms with Crippen LogP contribution in [-0.4, -0.2) is 43.3 Å². The number of carbonyl (C=O) groups excluding carboxylic acids is 1. The first-order valence-electron chi connectivity index (χ1n) is 8.71. The highest BCUT2D eigenvalue weighted by Crippen LogP contribution is 2.09. The van der Waals surface area contributed by atoms with Gasteiger partial charge in [0.25, 0.3) is 0 Å². The zero-order valence-corrected chi connectivity index (χ0v) is 19.3. The number of aliphatic imine (C=N–C) groups is 1. The van der Waals surface area contributed by atoms with Crippen molar-refractivity contribution in [2.45, 2.75) is 52.2 Å². The van der Waals surface area contributed by atoms with Crippen LogP contribution in [0, 0.1) is 5.82 Å². The highest BCUT2D eigenvalue weighted by Gasteiger charge is 2.24. The molecule has 0 heterocycles. The lowest BCUT2D eigenvalue weighted by atomic mass is 10.1. The Hall–Kier alpha value is -1.58. The van der Waals surface area contributed by atoms with Gasteiger partial charge < -0.3 is 20.7 Å². The standard InChI is InChI=1S/C19H31FN4O2.HI/c1-18(2,3)26-17(25)24-19(4,5)13-23-16(21-6)22-11-10-14-8-7-9-15(20)12-14;/h7-9,12H,10-11,13H2,1-6H3,(H,24,25)(H2,21,22,23);1H. The first kappa shape index (κ1) is 25.4. The Labute approximate surface area is 178 Å². The van der Waals surface area contributed by atoms with E-state index in [2.05, 4.69) is 20.9 Å². The lowest BCUT2D eigenvalue weighted by Gasteiger charge is -2.29. The molecule has 0 bridgehead atoms. The highest BCUT2D eigenvalue weighted by atomic mass is 127. The Morgan fingerprint density at radius 2 is 1.85 bits per heavy atom. The average molecular weight is 494 g/mol. The van der Waals surface area contributed by atoms with Crippen LogP contribution in [0.3, 0.4) is 0 Å². The third-order valence-electron chi connectivity index (χ3n) is 3.36. The van der Waals surface area contributed by atoms with E-state index in [1.54, 1.807) is 13.1 Å². The van der Waals surface area contributed by atoms with Crippen LogP contribution in [0.15, 0.2) is 29.3 Å². The van der Waals surface area contributed by atoms with Crippen LogP contribution in [0.1, 0.15) is 40.2 Å². The predicted molar refractivity (Wildman–Crippen MR) is 118 cm³/mol. The van der Waals surface area contributed by atoms with Gasteiger partial charge in [0.15, 0.2) is 5.96 Å². The monoisotopic (exact) mass is 494 g/mol. The van der Waals surface area contributed by atoms with Crippen LogP contribution in [0.25, 0.3) is 0 Å². The molecule has 0 saturated carbocycles. The van der Waals surface area contributed by atoms with E-state index in [-0.39, 0.29) is 29.8 Å². The molecule has 8 heteroatoms. The lowest BCUT2D eigenvalue weighted by molar-refractivity contribution is 0.0474. The summed E-state index contributed by atoms with van der Waals surface area (Å²) >= 11 is 0. The molecule has 0 aliphatic heterocycles. The highest BCUT2D eigenvalue weighted by molar-refractivity contribution is 14.0. The third-order valence-corrected chi connectivity index (χ3v) is 3.36. The number of alkyl carbamates (subject to hydrolysis) is 1. The number of hydrogen-bond acceptors (Lipinski definition) is 3. The van der Waals surface area contributed by atoms with Crippen molar-refractivity contribution in [1.29, 1.82) is 0 Å². The molecule has 6 nitrogen and oxygen atoms in total. The van der Waals surface area contributed by atoms with Crippen molar-refractivity contribution in [2.24, 2.45) is 4.99 Å². The second kappa shape index (κ2) is 11.3. The number of rotatable bonds is 6. The maximum Gasteiger partial charge on any atom is 0.408 e. The number of hydrogen-bond donors (Lipinski definition) is 3. The van der Waals surface area contributed by atoms with Crippen LogP contribution < -0.4 is 16.0 Å². The molecule has 0 aromatic heterocycles. The number of halogens is 2. The van der Waals surface area contributed by atoms with E-state index in [9.17, 15) is 9.18 Å². The first-order valence-corrected chi connectivity index (χ1v) is 8.71. The Bertz CT molecular complexity index is 630. The van der Waals surface area contributed by atoms with Gasteiger partial charge in [0.2, 0.25) is 0 Å². The molecule has 1 aromatic carbocycles. The van der Waals surface area contributed by atoms with Gasteiger partial charge in [0, 0.05) is 20.1 Å². The first-order chi connectivity index (χ1) is 12.0. The zero-order valence-electron chi connectivity index (χ0n) is 17.0.